The van der Waals surface area contributed by atoms with Crippen LogP contribution < -0.4 is 15.2 Å². The summed E-state index contributed by atoms with van der Waals surface area (Å²) in [5.74, 6) is -0.789. The van der Waals surface area contributed by atoms with Gasteiger partial charge in [-0.15, -0.1) is 13.2 Å². The summed E-state index contributed by atoms with van der Waals surface area (Å²) in [6.07, 6.45) is -4.83. The lowest BCUT2D eigenvalue weighted by atomic mass is 9.80. The van der Waals surface area contributed by atoms with E-state index in [9.17, 15) is 18.0 Å². The zero-order chi connectivity index (χ0) is 17.1. The molecule has 2 N–H and O–H groups in total. The van der Waals surface area contributed by atoms with Crippen LogP contribution in [0.2, 0.25) is 0 Å². The molecule has 0 aliphatic carbocycles. The Hall–Kier alpha value is -1.96. The first-order valence-electron chi connectivity index (χ1n) is 6.30. The average Bonchev–Trinajstić information content (AvgIpc) is 2.43. The van der Waals surface area contributed by atoms with Crippen LogP contribution in [-0.2, 0) is 9.53 Å². The number of hydrogen-bond acceptors (Lipinski definition) is 5. The summed E-state index contributed by atoms with van der Waals surface area (Å²) in [7, 11) is 2.55. The first kappa shape index (κ1) is 18.1. The molecule has 22 heavy (non-hydrogen) atoms. The molecule has 124 valence electrons. The number of hydrogen-bond donors (Lipinski definition) is 1. The summed E-state index contributed by atoms with van der Waals surface area (Å²) < 4.78 is 50.6. The van der Waals surface area contributed by atoms with Crippen molar-refractivity contribution in [3.63, 3.8) is 0 Å². The molecule has 0 bridgehead atoms. The van der Waals surface area contributed by atoms with Crippen molar-refractivity contribution in [3.05, 3.63) is 23.8 Å². The van der Waals surface area contributed by atoms with Crippen LogP contribution in [0.25, 0.3) is 0 Å². The molecule has 0 radical (unpaired) electrons. The minimum absolute atomic E-state index is 0.208. The molecular formula is C14H18F3NO4. The standard InChI is InChI=1S/C14H18F3NO4/c1-13(2,12(19)21-4)11(18)9-7-8(22-14(15,16)17)5-6-10(9)20-3/h5-7,11H,18H2,1-4H3/t11-/m1/s1. The molecule has 8 heteroatoms. The molecule has 0 heterocycles. The van der Waals surface area contributed by atoms with Crippen LogP contribution in [-0.4, -0.2) is 26.6 Å². The molecule has 0 saturated carbocycles. The number of esters is 1. The molecule has 0 saturated heterocycles. The van der Waals surface area contributed by atoms with Crippen molar-refractivity contribution >= 4 is 5.97 Å². The van der Waals surface area contributed by atoms with Gasteiger partial charge in [0.05, 0.1) is 19.6 Å². The van der Waals surface area contributed by atoms with E-state index in [4.69, 9.17) is 10.5 Å². The van der Waals surface area contributed by atoms with E-state index in [2.05, 4.69) is 9.47 Å². The van der Waals surface area contributed by atoms with Crippen molar-refractivity contribution in [1.82, 2.24) is 0 Å². The molecule has 0 fully saturated rings. The SMILES string of the molecule is COC(=O)C(C)(C)[C@H](N)c1cc(OC(F)(F)F)ccc1OC. The van der Waals surface area contributed by atoms with Gasteiger partial charge in [-0.1, -0.05) is 0 Å². The monoisotopic (exact) mass is 321 g/mol. The molecule has 1 aromatic rings. The Labute approximate surface area is 126 Å². The summed E-state index contributed by atoms with van der Waals surface area (Å²) in [5.41, 5.74) is 5.08. The van der Waals surface area contributed by atoms with E-state index in [1.807, 2.05) is 0 Å². The lowest BCUT2D eigenvalue weighted by molar-refractivity contribution is -0.274. The Morgan fingerprint density at radius 3 is 2.27 bits per heavy atom. The van der Waals surface area contributed by atoms with Gasteiger partial charge < -0.3 is 19.9 Å². The lowest BCUT2D eigenvalue weighted by Crippen LogP contribution is -2.37. The Bertz CT molecular complexity index is 543. The number of benzene rings is 1. The van der Waals surface area contributed by atoms with Crippen molar-refractivity contribution < 1.29 is 32.2 Å². The van der Waals surface area contributed by atoms with E-state index in [1.54, 1.807) is 0 Å². The Morgan fingerprint density at radius 1 is 1.23 bits per heavy atom. The summed E-state index contributed by atoms with van der Waals surface area (Å²) >= 11 is 0. The number of nitrogens with two attached hydrogens (primary N) is 1. The molecule has 0 unspecified atom stereocenters. The van der Waals surface area contributed by atoms with E-state index in [-0.39, 0.29) is 11.3 Å². The third-order valence-corrected chi connectivity index (χ3v) is 3.26. The first-order chi connectivity index (χ1) is 10.0. The number of ether oxygens (including phenoxy) is 3. The van der Waals surface area contributed by atoms with E-state index >= 15 is 0 Å². The van der Waals surface area contributed by atoms with Crippen LogP contribution in [0.15, 0.2) is 18.2 Å². The predicted octanol–water partition coefficient (Wildman–Crippen LogP) is 2.79. The molecule has 0 aliphatic rings. The molecule has 0 spiro atoms. The maximum Gasteiger partial charge on any atom is 0.573 e. The van der Waals surface area contributed by atoms with Gasteiger partial charge in [0.1, 0.15) is 11.5 Å². The van der Waals surface area contributed by atoms with Crippen LogP contribution in [0.5, 0.6) is 11.5 Å². The van der Waals surface area contributed by atoms with E-state index in [0.29, 0.717) is 0 Å². The van der Waals surface area contributed by atoms with Crippen molar-refractivity contribution in [3.8, 4) is 11.5 Å². The van der Waals surface area contributed by atoms with Crippen molar-refractivity contribution in [1.29, 1.82) is 0 Å². The molecule has 1 aromatic carbocycles. The second-order valence-corrected chi connectivity index (χ2v) is 5.14. The maximum atomic E-state index is 12.3. The van der Waals surface area contributed by atoms with Gasteiger partial charge in [0, 0.05) is 11.6 Å². The zero-order valence-corrected chi connectivity index (χ0v) is 12.7. The molecule has 0 aliphatic heterocycles. The minimum Gasteiger partial charge on any atom is -0.496 e. The van der Waals surface area contributed by atoms with Crippen LogP contribution in [0.4, 0.5) is 13.2 Å². The van der Waals surface area contributed by atoms with Gasteiger partial charge >= 0.3 is 12.3 Å². The van der Waals surface area contributed by atoms with E-state index < -0.39 is 29.5 Å². The number of carbonyl (C=O) groups is 1. The summed E-state index contributed by atoms with van der Waals surface area (Å²) in [6, 6.07) is 2.55. The lowest BCUT2D eigenvalue weighted by Gasteiger charge is -2.30. The Morgan fingerprint density at radius 2 is 1.82 bits per heavy atom. The van der Waals surface area contributed by atoms with Crippen LogP contribution >= 0.6 is 0 Å². The maximum absolute atomic E-state index is 12.3. The number of alkyl halides is 3. The highest BCUT2D eigenvalue weighted by Crippen LogP contribution is 2.39. The highest BCUT2D eigenvalue weighted by atomic mass is 19.4. The highest BCUT2D eigenvalue weighted by molar-refractivity contribution is 5.77. The minimum atomic E-state index is -4.83. The van der Waals surface area contributed by atoms with Crippen LogP contribution in [0, 0.1) is 5.41 Å². The quantitative estimate of drug-likeness (QED) is 0.845. The average molecular weight is 321 g/mol. The van der Waals surface area contributed by atoms with Gasteiger partial charge in [-0.05, 0) is 32.0 Å². The summed E-state index contributed by atoms with van der Waals surface area (Å²) in [6.45, 7) is 3.06. The van der Waals surface area contributed by atoms with E-state index in [1.165, 1.54) is 34.1 Å². The molecule has 1 atom stereocenters. The molecular weight excluding hydrogens is 303 g/mol. The van der Waals surface area contributed by atoms with Gasteiger partial charge in [0.25, 0.3) is 0 Å². The van der Waals surface area contributed by atoms with Gasteiger partial charge in [-0.3, -0.25) is 4.79 Å². The molecule has 1 rings (SSSR count). The van der Waals surface area contributed by atoms with Crippen molar-refractivity contribution in [2.24, 2.45) is 11.1 Å². The fourth-order valence-electron chi connectivity index (χ4n) is 1.93. The fraction of sp³-hybridized carbons (Fsp3) is 0.500. The van der Waals surface area contributed by atoms with Crippen LogP contribution in [0.3, 0.4) is 0 Å². The predicted molar refractivity (Wildman–Crippen MR) is 72.4 cm³/mol. The number of carbonyl (C=O) groups excluding carboxylic acids is 1. The van der Waals surface area contributed by atoms with Gasteiger partial charge in [-0.2, -0.15) is 0 Å². The second-order valence-electron chi connectivity index (χ2n) is 5.14. The molecule has 0 aromatic heterocycles. The summed E-state index contributed by atoms with van der Waals surface area (Å²) in [5, 5.41) is 0. The first-order valence-corrected chi connectivity index (χ1v) is 6.30. The Kier molecular flexibility index (Phi) is 5.29. The van der Waals surface area contributed by atoms with Crippen molar-refractivity contribution in [2.75, 3.05) is 14.2 Å². The highest BCUT2D eigenvalue weighted by Gasteiger charge is 2.39. The van der Waals surface area contributed by atoms with Crippen LogP contribution in [0.1, 0.15) is 25.5 Å². The van der Waals surface area contributed by atoms with Gasteiger partial charge in [-0.25, -0.2) is 0 Å². The van der Waals surface area contributed by atoms with Crippen molar-refractivity contribution in [2.45, 2.75) is 26.3 Å². The van der Waals surface area contributed by atoms with Gasteiger partial charge in [0.15, 0.2) is 0 Å². The fourth-order valence-corrected chi connectivity index (χ4v) is 1.93. The topological polar surface area (TPSA) is 70.8 Å². The number of rotatable bonds is 5. The van der Waals surface area contributed by atoms with Gasteiger partial charge in [0.2, 0.25) is 0 Å². The third kappa shape index (κ3) is 4.03. The number of halogens is 3. The third-order valence-electron chi connectivity index (χ3n) is 3.26. The van der Waals surface area contributed by atoms with E-state index in [0.717, 1.165) is 12.1 Å². The normalized spacial score (nSPS) is 13.5. The Balaban J connectivity index is 3.26. The zero-order valence-electron chi connectivity index (χ0n) is 12.7. The summed E-state index contributed by atoms with van der Waals surface area (Å²) in [4.78, 5) is 11.8. The smallest absolute Gasteiger partial charge is 0.496 e. The largest absolute Gasteiger partial charge is 0.573 e. The molecule has 0 amide bonds. The number of methoxy groups -OCH3 is 2. The second kappa shape index (κ2) is 6.43. The molecule has 5 nitrogen and oxygen atoms in total.